The number of nitrogens with one attached hydrogen (secondary N) is 1. The number of aryl methyl sites for hydroxylation is 1. The van der Waals surface area contributed by atoms with Gasteiger partial charge in [0.25, 0.3) is 0 Å². The molecule has 0 aliphatic rings. The van der Waals surface area contributed by atoms with Crippen LogP contribution in [0.1, 0.15) is 29.9 Å². The minimum Gasteiger partial charge on any atom is -0.309 e. The molecule has 0 amide bonds. The molecule has 0 bridgehead atoms. The molecule has 1 aromatic heterocycles. The Bertz CT molecular complexity index is 564. The molecule has 0 aliphatic carbocycles. The highest BCUT2D eigenvalue weighted by molar-refractivity contribution is 5.22. The van der Waals surface area contributed by atoms with Crippen LogP contribution in [0, 0.1) is 18.6 Å². The number of aromatic nitrogens is 1. The van der Waals surface area contributed by atoms with Crippen molar-refractivity contribution in [3.8, 4) is 0 Å². The van der Waals surface area contributed by atoms with Crippen LogP contribution in [0.3, 0.4) is 0 Å². The van der Waals surface area contributed by atoms with Crippen molar-refractivity contribution in [2.45, 2.75) is 26.3 Å². The number of hydrogen-bond donors (Lipinski definition) is 1. The Morgan fingerprint density at radius 3 is 2.45 bits per heavy atom. The molecule has 1 unspecified atom stereocenters. The SMILES string of the molecule is CCNC(Cc1cc(F)cc(F)c1)c1cccc(C)n1. The number of nitrogens with zero attached hydrogens (tertiary/aromatic N) is 1. The molecule has 1 heterocycles. The zero-order valence-corrected chi connectivity index (χ0v) is 11.7. The van der Waals surface area contributed by atoms with E-state index in [-0.39, 0.29) is 6.04 Å². The summed E-state index contributed by atoms with van der Waals surface area (Å²) in [5.41, 5.74) is 2.43. The van der Waals surface area contributed by atoms with Gasteiger partial charge < -0.3 is 5.32 Å². The number of halogens is 2. The molecule has 1 atom stereocenters. The summed E-state index contributed by atoms with van der Waals surface area (Å²) in [5, 5.41) is 3.31. The summed E-state index contributed by atoms with van der Waals surface area (Å²) in [5.74, 6) is -1.10. The molecular formula is C16H18F2N2. The van der Waals surface area contributed by atoms with Crippen LogP contribution in [-0.4, -0.2) is 11.5 Å². The molecule has 0 fully saturated rings. The Labute approximate surface area is 117 Å². The van der Waals surface area contributed by atoms with Crippen molar-refractivity contribution in [1.82, 2.24) is 10.3 Å². The third-order valence-electron chi connectivity index (χ3n) is 3.08. The Balaban J connectivity index is 2.25. The van der Waals surface area contributed by atoms with Crippen molar-refractivity contribution in [1.29, 1.82) is 0 Å². The normalized spacial score (nSPS) is 12.4. The summed E-state index contributed by atoms with van der Waals surface area (Å²) in [6.45, 7) is 4.68. The molecule has 4 heteroatoms. The molecule has 1 aromatic carbocycles. The number of benzene rings is 1. The van der Waals surface area contributed by atoms with Crippen LogP contribution in [0.5, 0.6) is 0 Å². The lowest BCUT2D eigenvalue weighted by Gasteiger charge is -2.18. The van der Waals surface area contributed by atoms with E-state index in [1.54, 1.807) is 0 Å². The number of rotatable bonds is 5. The van der Waals surface area contributed by atoms with Crippen LogP contribution in [0.25, 0.3) is 0 Å². The smallest absolute Gasteiger partial charge is 0.126 e. The highest BCUT2D eigenvalue weighted by Gasteiger charge is 2.14. The predicted octanol–water partition coefficient (Wildman–Crippen LogP) is 3.56. The quantitative estimate of drug-likeness (QED) is 0.903. The van der Waals surface area contributed by atoms with E-state index in [1.165, 1.54) is 12.1 Å². The van der Waals surface area contributed by atoms with Crippen LogP contribution in [0.2, 0.25) is 0 Å². The highest BCUT2D eigenvalue weighted by atomic mass is 19.1. The first-order chi connectivity index (χ1) is 9.58. The Morgan fingerprint density at radius 2 is 1.85 bits per heavy atom. The number of pyridine rings is 1. The van der Waals surface area contributed by atoms with Crippen LogP contribution in [-0.2, 0) is 6.42 Å². The zero-order valence-electron chi connectivity index (χ0n) is 11.7. The van der Waals surface area contributed by atoms with Gasteiger partial charge in [0.1, 0.15) is 11.6 Å². The van der Waals surface area contributed by atoms with Gasteiger partial charge in [0.15, 0.2) is 0 Å². The van der Waals surface area contributed by atoms with E-state index in [2.05, 4.69) is 10.3 Å². The second kappa shape index (κ2) is 6.57. The molecule has 2 aromatic rings. The maximum Gasteiger partial charge on any atom is 0.126 e. The van der Waals surface area contributed by atoms with Gasteiger partial charge in [0.2, 0.25) is 0 Å². The zero-order chi connectivity index (χ0) is 14.5. The molecule has 1 N–H and O–H groups in total. The number of hydrogen-bond acceptors (Lipinski definition) is 2. The first kappa shape index (κ1) is 14.6. The topological polar surface area (TPSA) is 24.9 Å². The standard InChI is InChI=1S/C16H18F2N2/c1-3-19-16(15-6-4-5-11(2)20-15)9-12-7-13(17)10-14(18)8-12/h4-8,10,16,19H,3,9H2,1-2H3. The fourth-order valence-corrected chi connectivity index (χ4v) is 2.25. The van der Waals surface area contributed by atoms with Crippen LogP contribution >= 0.6 is 0 Å². The van der Waals surface area contributed by atoms with Gasteiger partial charge in [-0.3, -0.25) is 4.98 Å². The fourth-order valence-electron chi connectivity index (χ4n) is 2.25. The fraction of sp³-hybridized carbons (Fsp3) is 0.312. The molecular weight excluding hydrogens is 258 g/mol. The molecule has 2 nitrogen and oxygen atoms in total. The van der Waals surface area contributed by atoms with Gasteiger partial charge in [-0.15, -0.1) is 0 Å². The third-order valence-corrected chi connectivity index (χ3v) is 3.08. The van der Waals surface area contributed by atoms with Crippen molar-refractivity contribution in [2.24, 2.45) is 0 Å². The molecule has 20 heavy (non-hydrogen) atoms. The summed E-state index contributed by atoms with van der Waals surface area (Å²) in [7, 11) is 0. The van der Waals surface area contributed by atoms with Gasteiger partial charge in [-0.05, 0) is 49.7 Å². The first-order valence-corrected chi connectivity index (χ1v) is 6.70. The summed E-state index contributed by atoms with van der Waals surface area (Å²) >= 11 is 0. The van der Waals surface area contributed by atoms with Crippen molar-refractivity contribution in [2.75, 3.05) is 6.54 Å². The van der Waals surface area contributed by atoms with Crippen LogP contribution in [0.4, 0.5) is 8.78 Å². The molecule has 106 valence electrons. The minimum atomic E-state index is -0.549. The third kappa shape index (κ3) is 3.84. The van der Waals surface area contributed by atoms with E-state index < -0.39 is 11.6 Å². The van der Waals surface area contributed by atoms with E-state index in [9.17, 15) is 8.78 Å². The van der Waals surface area contributed by atoms with E-state index in [0.717, 1.165) is 24.0 Å². The predicted molar refractivity (Wildman–Crippen MR) is 75.5 cm³/mol. The largest absolute Gasteiger partial charge is 0.309 e. The molecule has 0 saturated carbocycles. The maximum atomic E-state index is 13.3. The average Bonchev–Trinajstić information content (AvgIpc) is 2.37. The summed E-state index contributed by atoms with van der Waals surface area (Å²) in [4.78, 5) is 4.48. The second-order valence-corrected chi connectivity index (χ2v) is 4.80. The van der Waals surface area contributed by atoms with E-state index in [4.69, 9.17) is 0 Å². The van der Waals surface area contributed by atoms with Crippen LogP contribution < -0.4 is 5.32 Å². The van der Waals surface area contributed by atoms with Gasteiger partial charge in [-0.25, -0.2) is 8.78 Å². The van der Waals surface area contributed by atoms with E-state index in [1.807, 2.05) is 32.0 Å². The summed E-state index contributed by atoms with van der Waals surface area (Å²) in [6, 6.07) is 9.35. The molecule has 0 aliphatic heterocycles. The van der Waals surface area contributed by atoms with Crippen molar-refractivity contribution < 1.29 is 8.78 Å². The summed E-state index contributed by atoms with van der Waals surface area (Å²) < 4.78 is 26.5. The van der Waals surface area contributed by atoms with Gasteiger partial charge in [0, 0.05) is 11.8 Å². The number of likely N-dealkylation sites (N-methyl/N-ethyl adjacent to an activating group) is 1. The van der Waals surface area contributed by atoms with Crippen LogP contribution in [0.15, 0.2) is 36.4 Å². The Hall–Kier alpha value is -1.81. The Kier molecular flexibility index (Phi) is 4.79. The molecule has 0 saturated heterocycles. The lowest BCUT2D eigenvalue weighted by molar-refractivity contribution is 0.527. The lowest BCUT2D eigenvalue weighted by atomic mass is 10.0. The molecule has 0 spiro atoms. The maximum absolute atomic E-state index is 13.3. The summed E-state index contributed by atoms with van der Waals surface area (Å²) in [6.07, 6.45) is 0.499. The van der Waals surface area contributed by atoms with Crippen molar-refractivity contribution in [3.63, 3.8) is 0 Å². The van der Waals surface area contributed by atoms with Gasteiger partial charge >= 0.3 is 0 Å². The highest BCUT2D eigenvalue weighted by Crippen LogP contribution is 2.18. The monoisotopic (exact) mass is 276 g/mol. The van der Waals surface area contributed by atoms with E-state index >= 15 is 0 Å². The first-order valence-electron chi connectivity index (χ1n) is 6.70. The minimum absolute atomic E-state index is 0.0545. The lowest BCUT2D eigenvalue weighted by Crippen LogP contribution is -2.24. The second-order valence-electron chi connectivity index (χ2n) is 4.80. The van der Waals surface area contributed by atoms with Gasteiger partial charge in [-0.1, -0.05) is 13.0 Å². The van der Waals surface area contributed by atoms with Crippen molar-refractivity contribution in [3.05, 3.63) is 65.0 Å². The van der Waals surface area contributed by atoms with E-state index in [0.29, 0.717) is 12.0 Å². The Morgan fingerprint density at radius 1 is 1.15 bits per heavy atom. The molecule has 2 rings (SSSR count). The molecule has 0 radical (unpaired) electrons. The average molecular weight is 276 g/mol. The van der Waals surface area contributed by atoms with Crippen molar-refractivity contribution >= 4 is 0 Å². The van der Waals surface area contributed by atoms with Gasteiger partial charge in [-0.2, -0.15) is 0 Å². The van der Waals surface area contributed by atoms with Gasteiger partial charge in [0.05, 0.1) is 11.7 Å².